The summed E-state index contributed by atoms with van der Waals surface area (Å²) in [4.78, 5) is 0. The number of benzene rings is 1. The molecule has 0 fully saturated rings. The average molecular weight is 227 g/mol. The van der Waals surface area contributed by atoms with Gasteiger partial charge in [0.1, 0.15) is 5.75 Å². The molecule has 84 valence electrons. The Morgan fingerprint density at radius 2 is 2.13 bits per heavy atom. The zero-order valence-corrected chi connectivity index (χ0v) is 10.4. The van der Waals surface area contributed by atoms with Crippen LogP contribution in [0.4, 0.5) is 0 Å². The molecule has 0 heterocycles. The average Bonchev–Trinajstić information content (AvgIpc) is 2.28. The summed E-state index contributed by atoms with van der Waals surface area (Å²) in [6.45, 7) is 4.36. The fourth-order valence-corrected chi connectivity index (χ4v) is 1.84. The lowest BCUT2D eigenvalue weighted by molar-refractivity contribution is 0.414. The number of methoxy groups -OCH3 is 1. The summed E-state index contributed by atoms with van der Waals surface area (Å²) in [7, 11) is 1.69. The van der Waals surface area contributed by atoms with Crippen molar-refractivity contribution in [3.8, 4) is 5.75 Å². The summed E-state index contributed by atoms with van der Waals surface area (Å²) in [6.07, 6.45) is 2.03. The third-order valence-corrected chi connectivity index (χ3v) is 3.41. The van der Waals surface area contributed by atoms with Crippen molar-refractivity contribution in [3.63, 3.8) is 0 Å². The van der Waals surface area contributed by atoms with E-state index in [0.717, 1.165) is 18.6 Å². The van der Waals surface area contributed by atoms with Gasteiger partial charge in [0.25, 0.3) is 0 Å². The largest absolute Gasteiger partial charge is 0.497 e. The molecule has 2 heteroatoms. The van der Waals surface area contributed by atoms with Crippen molar-refractivity contribution in [2.45, 2.75) is 32.1 Å². The van der Waals surface area contributed by atoms with E-state index in [-0.39, 0.29) is 5.38 Å². The van der Waals surface area contributed by atoms with Crippen molar-refractivity contribution in [2.24, 2.45) is 5.92 Å². The molecule has 0 aliphatic heterocycles. The van der Waals surface area contributed by atoms with Gasteiger partial charge in [-0.1, -0.05) is 32.4 Å². The van der Waals surface area contributed by atoms with Crippen LogP contribution in [-0.4, -0.2) is 12.5 Å². The third-order valence-electron chi connectivity index (χ3n) is 2.83. The van der Waals surface area contributed by atoms with Gasteiger partial charge in [-0.2, -0.15) is 0 Å². The molecule has 0 radical (unpaired) electrons. The van der Waals surface area contributed by atoms with Gasteiger partial charge in [0, 0.05) is 5.38 Å². The van der Waals surface area contributed by atoms with E-state index in [2.05, 4.69) is 26.0 Å². The molecule has 1 nitrogen and oxygen atoms in total. The fraction of sp³-hybridized carbons (Fsp3) is 0.538. The maximum absolute atomic E-state index is 6.32. The van der Waals surface area contributed by atoms with Gasteiger partial charge in [0.15, 0.2) is 0 Å². The molecule has 0 spiro atoms. The summed E-state index contributed by atoms with van der Waals surface area (Å²) in [5.74, 6) is 1.46. The topological polar surface area (TPSA) is 9.23 Å². The molecule has 1 aromatic carbocycles. The van der Waals surface area contributed by atoms with Gasteiger partial charge >= 0.3 is 0 Å². The van der Waals surface area contributed by atoms with Crippen LogP contribution < -0.4 is 4.74 Å². The fourth-order valence-electron chi connectivity index (χ4n) is 1.48. The Bertz CT molecular complexity index is 298. The van der Waals surface area contributed by atoms with Crippen molar-refractivity contribution in [3.05, 3.63) is 29.8 Å². The minimum absolute atomic E-state index is 0.210. The molecule has 1 rings (SSSR count). The second-order valence-corrected chi connectivity index (χ2v) is 4.52. The van der Waals surface area contributed by atoms with Crippen molar-refractivity contribution >= 4 is 11.6 Å². The molecule has 0 aromatic heterocycles. The van der Waals surface area contributed by atoms with E-state index in [1.54, 1.807) is 7.11 Å². The number of halogens is 1. The van der Waals surface area contributed by atoms with Crippen LogP contribution in [-0.2, 0) is 6.42 Å². The van der Waals surface area contributed by atoms with Gasteiger partial charge in [-0.25, -0.2) is 0 Å². The van der Waals surface area contributed by atoms with Gasteiger partial charge in [-0.3, -0.25) is 0 Å². The Balaban J connectivity index is 2.63. The number of hydrogen-bond acceptors (Lipinski definition) is 1. The molecule has 2 unspecified atom stereocenters. The summed E-state index contributed by atoms with van der Waals surface area (Å²) in [5.41, 5.74) is 1.25. The Labute approximate surface area is 97.4 Å². The lowest BCUT2D eigenvalue weighted by atomic mass is 9.98. The van der Waals surface area contributed by atoms with Crippen LogP contribution in [0.5, 0.6) is 5.75 Å². The van der Waals surface area contributed by atoms with E-state index in [4.69, 9.17) is 16.3 Å². The normalized spacial score (nSPS) is 14.7. The van der Waals surface area contributed by atoms with Crippen LogP contribution in [0.15, 0.2) is 24.3 Å². The highest BCUT2D eigenvalue weighted by Gasteiger charge is 2.13. The Morgan fingerprint density at radius 1 is 1.40 bits per heavy atom. The summed E-state index contributed by atoms with van der Waals surface area (Å²) in [6, 6.07) is 8.11. The van der Waals surface area contributed by atoms with Crippen LogP contribution in [0.3, 0.4) is 0 Å². The monoisotopic (exact) mass is 226 g/mol. The van der Waals surface area contributed by atoms with E-state index < -0.39 is 0 Å². The van der Waals surface area contributed by atoms with Crippen LogP contribution >= 0.6 is 11.6 Å². The summed E-state index contributed by atoms with van der Waals surface area (Å²) in [5, 5.41) is 0.210. The summed E-state index contributed by atoms with van der Waals surface area (Å²) < 4.78 is 5.18. The Kier molecular flexibility index (Phi) is 4.97. The van der Waals surface area contributed by atoms with Crippen molar-refractivity contribution in [1.82, 2.24) is 0 Å². The Morgan fingerprint density at radius 3 is 2.73 bits per heavy atom. The highest BCUT2D eigenvalue weighted by Crippen LogP contribution is 2.21. The highest BCUT2D eigenvalue weighted by atomic mass is 35.5. The first-order chi connectivity index (χ1) is 7.17. The van der Waals surface area contributed by atoms with Crippen LogP contribution in [0.2, 0.25) is 0 Å². The lowest BCUT2D eigenvalue weighted by Crippen LogP contribution is -2.13. The smallest absolute Gasteiger partial charge is 0.119 e. The van der Waals surface area contributed by atoms with E-state index in [9.17, 15) is 0 Å². The van der Waals surface area contributed by atoms with Crippen molar-refractivity contribution in [1.29, 1.82) is 0 Å². The molecular formula is C13H19ClO. The van der Waals surface area contributed by atoms with Crippen LogP contribution in [0.25, 0.3) is 0 Å². The number of hydrogen-bond donors (Lipinski definition) is 0. The van der Waals surface area contributed by atoms with E-state index in [1.165, 1.54) is 5.56 Å². The number of alkyl halides is 1. The zero-order chi connectivity index (χ0) is 11.3. The lowest BCUT2D eigenvalue weighted by Gasteiger charge is -2.16. The quantitative estimate of drug-likeness (QED) is 0.693. The SMILES string of the molecule is CCC(C)C(Cl)Cc1cccc(OC)c1. The molecule has 1 aromatic rings. The first-order valence-electron chi connectivity index (χ1n) is 5.44. The predicted octanol–water partition coefficient (Wildman–Crippen LogP) is 3.89. The zero-order valence-electron chi connectivity index (χ0n) is 9.66. The molecule has 0 amide bonds. The van der Waals surface area contributed by atoms with Crippen LogP contribution in [0.1, 0.15) is 25.8 Å². The highest BCUT2D eigenvalue weighted by molar-refractivity contribution is 6.20. The molecule has 15 heavy (non-hydrogen) atoms. The molecule has 0 saturated heterocycles. The standard InChI is InChI=1S/C13H19ClO/c1-4-10(2)13(14)9-11-6-5-7-12(8-11)15-3/h5-8,10,13H,4,9H2,1-3H3. The van der Waals surface area contributed by atoms with E-state index >= 15 is 0 Å². The molecular weight excluding hydrogens is 208 g/mol. The van der Waals surface area contributed by atoms with Crippen LogP contribution in [0, 0.1) is 5.92 Å². The first kappa shape index (κ1) is 12.4. The minimum atomic E-state index is 0.210. The molecule has 2 atom stereocenters. The van der Waals surface area contributed by atoms with E-state index in [0.29, 0.717) is 5.92 Å². The van der Waals surface area contributed by atoms with Gasteiger partial charge in [-0.15, -0.1) is 11.6 Å². The van der Waals surface area contributed by atoms with Gasteiger partial charge in [0.2, 0.25) is 0 Å². The predicted molar refractivity (Wildman–Crippen MR) is 65.8 cm³/mol. The molecule has 0 N–H and O–H groups in total. The molecule has 0 saturated carbocycles. The van der Waals surface area contributed by atoms with Crippen molar-refractivity contribution in [2.75, 3.05) is 7.11 Å². The first-order valence-corrected chi connectivity index (χ1v) is 5.88. The number of rotatable bonds is 5. The van der Waals surface area contributed by atoms with Gasteiger partial charge < -0.3 is 4.74 Å². The van der Waals surface area contributed by atoms with Crippen molar-refractivity contribution < 1.29 is 4.74 Å². The molecule has 0 aliphatic carbocycles. The second kappa shape index (κ2) is 6.02. The maximum Gasteiger partial charge on any atom is 0.119 e. The minimum Gasteiger partial charge on any atom is -0.497 e. The second-order valence-electron chi connectivity index (χ2n) is 3.96. The molecule has 0 bridgehead atoms. The van der Waals surface area contributed by atoms with Gasteiger partial charge in [0.05, 0.1) is 7.11 Å². The summed E-state index contributed by atoms with van der Waals surface area (Å²) >= 11 is 6.32. The molecule has 0 aliphatic rings. The van der Waals surface area contributed by atoms with Gasteiger partial charge in [-0.05, 0) is 30.0 Å². The Hall–Kier alpha value is -0.690. The maximum atomic E-state index is 6.32. The number of ether oxygens (including phenoxy) is 1. The van der Waals surface area contributed by atoms with E-state index in [1.807, 2.05) is 12.1 Å². The third kappa shape index (κ3) is 3.75.